The van der Waals surface area contributed by atoms with Crippen LogP contribution in [-0.2, 0) is 16.1 Å². The van der Waals surface area contributed by atoms with Gasteiger partial charge in [0.2, 0.25) is 0 Å². The molecule has 4 rings (SSSR count). The molecule has 9 heteroatoms. The van der Waals surface area contributed by atoms with Crippen molar-refractivity contribution in [2.24, 2.45) is 0 Å². The molecule has 3 aromatic rings. The summed E-state index contributed by atoms with van der Waals surface area (Å²) >= 11 is 1.54. The van der Waals surface area contributed by atoms with Crippen LogP contribution in [0.5, 0.6) is 11.5 Å². The number of hydrogen-bond donors (Lipinski definition) is 0. The first kappa shape index (κ1) is 21.9. The van der Waals surface area contributed by atoms with Gasteiger partial charge in [0.15, 0.2) is 23.9 Å². The Hall–Kier alpha value is -3.33. The van der Waals surface area contributed by atoms with Crippen molar-refractivity contribution in [1.82, 2.24) is 5.16 Å². The quantitative estimate of drug-likeness (QED) is 0.489. The molecule has 0 spiro atoms. The minimum Gasteiger partial charge on any atom is -0.486 e. The lowest BCUT2D eigenvalue weighted by molar-refractivity contribution is -0.121. The number of rotatable bonds is 7. The number of carbonyl (C=O) groups is 2. The van der Waals surface area contributed by atoms with Crippen molar-refractivity contribution >= 4 is 28.9 Å². The third-order valence-corrected chi connectivity index (χ3v) is 5.84. The Bertz CT molecular complexity index is 1110. The number of carbonyl (C=O) groups excluding carboxylic acids is 2. The molecule has 0 unspecified atom stereocenters. The highest BCUT2D eigenvalue weighted by Gasteiger charge is 2.26. The Balaban J connectivity index is 1.53. The van der Waals surface area contributed by atoms with Gasteiger partial charge in [0.1, 0.15) is 18.8 Å². The minimum absolute atomic E-state index is 0.0394. The van der Waals surface area contributed by atoms with Crippen molar-refractivity contribution in [3.8, 4) is 11.5 Å². The summed E-state index contributed by atoms with van der Waals surface area (Å²) in [5.74, 6) is 0.642. The lowest BCUT2D eigenvalue weighted by Crippen LogP contribution is -2.34. The highest BCUT2D eigenvalue weighted by molar-refractivity contribution is 7.09. The molecular weight excluding hydrogens is 432 g/mol. The van der Waals surface area contributed by atoms with Gasteiger partial charge in [0, 0.05) is 22.5 Å². The molecule has 1 aliphatic heterocycles. The standard InChI is InChI=1S/C23H24N2O6S/c1-14(2)22-21(15(3)24-31-22)23(27)30-13-20(26)25(12-17-5-4-10-32-17)16-6-7-18-19(11-16)29-9-8-28-18/h4-7,10-11,14H,8-9,12-13H2,1-3H3. The number of fused-ring (bicyclic) bond motifs is 1. The van der Waals surface area contributed by atoms with Gasteiger partial charge in [-0.3, -0.25) is 4.79 Å². The van der Waals surface area contributed by atoms with Crippen LogP contribution in [0, 0.1) is 6.92 Å². The number of aromatic nitrogens is 1. The van der Waals surface area contributed by atoms with E-state index < -0.39 is 12.6 Å². The van der Waals surface area contributed by atoms with E-state index in [0.717, 1.165) is 4.88 Å². The van der Waals surface area contributed by atoms with Gasteiger partial charge in [-0.25, -0.2) is 4.79 Å². The second kappa shape index (κ2) is 9.44. The van der Waals surface area contributed by atoms with Gasteiger partial charge in [-0.15, -0.1) is 11.3 Å². The summed E-state index contributed by atoms with van der Waals surface area (Å²) in [6.45, 7) is 6.33. The zero-order valence-corrected chi connectivity index (χ0v) is 18.9. The van der Waals surface area contributed by atoms with Crippen LogP contribution in [0.2, 0.25) is 0 Å². The normalized spacial score (nSPS) is 12.6. The van der Waals surface area contributed by atoms with Crippen molar-refractivity contribution in [2.45, 2.75) is 33.2 Å². The number of ether oxygens (including phenoxy) is 3. The molecule has 0 N–H and O–H groups in total. The van der Waals surface area contributed by atoms with E-state index in [1.54, 1.807) is 41.4 Å². The summed E-state index contributed by atoms with van der Waals surface area (Å²) in [6.07, 6.45) is 0. The number of nitrogens with zero attached hydrogens (tertiary/aromatic N) is 2. The second-order valence-electron chi connectivity index (χ2n) is 7.63. The van der Waals surface area contributed by atoms with Crippen LogP contribution in [0.15, 0.2) is 40.2 Å². The summed E-state index contributed by atoms with van der Waals surface area (Å²) < 4.78 is 21.9. The van der Waals surface area contributed by atoms with Crippen LogP contribution in [0.1, 0.15) is 46.5 Å². The SMILES string of the molecule is Cc1noc(C(C)C)c1C(=O)OCC(=O)N(Cc1cccs1)c1ccc2c(c1)OCCO2. The zero-order chi connectivity index (χ0) is 22.7. The van der Waals surface area contributed by atoms with Crippen molar-refractivity contribution in [2.75, 3.05) is 24.7 Å². The van der Waals surface area contributed by atoms with Crippen LogP contribution in [-0.4, -0.2) is 36.9 Å². The number of amides is 1. The second-order valence-corrected chi connectivity index (χ2v) is 8.66. The van der Waals surface area contributed by atoms with Crippen molar-refractivity contribution < 1.29 is 28.3 Å². The third kappa shape index (κ3) is 4.62. The van der Waals surface area contributed by atoms with E-state index >= 15 is 0 Å². The van der Waals surface area contributed by atoms with E-state index in [9.17, 15) is 9.59 Å². The van der Waals surface area contributed by atoms with Crippen LogP contribution in [0.3, 0.4) is 0 Å². The maximum Gasteiger partial charge on any atom is 0.344 e. The van der Waals surface area contributed by atoms with Gasteiger partial charge in [-0.2, -0.15) is 0 Å². The number of benzene rings is 1. The summed E-state index contributed by atoms with van der Waals surface area (Å²) in [5.41, 5.74) is 1.35. The molecule has 0 atom stereocenters. The van der Waals surface area contributed by atoms with Gasteiger partial charge in [-0.05, 0) is 30.5 Å². The predicted octanol–water partition coefficient (Wildman–Crippen LogP) is 4.33. The van der Waals surface area contributed by atoms with E-state index in [1.165, 1.54) is 0 Å². The Kier molecular flexibility index (Phi) is 6.45. The van der Waals surface area contributed by atoms with Gasteiger partial charge >= 0.3 is 5.97 Å². The van der Waals surface area contributed by atoms with E-state index in [-0.39, 0.29) is 17.4 Å². The van der Waals surface area contributed by atoms with E-state index in [2.05, 4.69) is 5.16 Å². The molecule has 0 radical (unpaired) electrons. The molecule has 0 saturated heterocycles. The van der Waals surface area contributed by atoms with Gasteiger partial charge < -0.3 is 23.6 Å². The molecule has 1 aliphatic rings. The van der Waals surface area contributed by atoms with E-state index in [0.29, 0.717) is 48.4 Å². The van der Waals surface area contributed by atoms with Gasteiger partial charge in [0.05, 0.1) is 12.2 Å². The predicted molar refractivity (Wildman–Crippen MR) is 119 cm³/mol. The van der Waals surface area contributed by atoms with Crippen LogP contribution >= 0.6 is 11.3 Å². The van der Waals surface area contributed by atoms with Gasteiger partial charge in [0.25, 0.3) is 5.91 Å². The van der Waals surface area contributed by atoms with Crippen molar-refractivity contribution in [1.29, 1.82) is 0 Å². The summed E-state index contributed by atoms with van der Waals surface area (Å²) in [4.78, 5) is 28.4. The fourth-order valence-corrected chi connectivity index (χ4v) is 4.08. The fourth-order valence-electron chi connectivity index (χ4n) is 3.39. The lowest BCUT2D eigenvalue weighted by Gasteiger charge is -2.25. The minimum atomic E-state index is -0.626. The van der Waals surface area contributed by atoms with Crippen LogP contribution in [0.4, 0.5) is 5.69 Å². The van der Waals surface area contributed by atoms with Crippen molar-refractivity contribution in [3.63, 3.8) is 0 Å². The third-order valence-electron chi connectivity index (χ3n) is 4.98. The maximum atomic E-state index is 13.2. The monoisotopic (exact) mass is 456 g/mol. The molecule has 0 saturated carbocycles. The smallest absolute Gasteiger partial charge is 0.344 e. The summed E-state index contributed by atoms with van der Waals surface area (Å²) in [5, 5.41) is 5.81. The Morgan fingerprint density at radius 1 is 1.19 bits per heavy atom. The van der Waals surface area contributed by atoms with Crippen molar-refractivity contribution in [3.05, 3.63) is 57.6 Å². The van der Waals surface area contributed by atoms with E-state index in [1.807, 2.05) is 31.4 Å². The molecule has 32 heavy (non-hydrogen) atoms. The molecule has 1 amide bonds. The molecular formula is C23H24N2O6S. The topological polar surface area (TPSA) is 91.1 Å². The van der Waals surface area contributed by atoms with Crippen LogP contribution in [0.25, 0.3) is 0 Å². The number of esters is 1. The van der Waals surface area contributed by atoms with Gasteiger partial charge in [-0.1, -0.05) is 25.1 Å². The first-order chi connectivity index (χ1) is 15.4. The summed E-state index contributed by atoms with van der Waals surface area (Å²) in [7, 11) is 0. The number of thiophene rings is 1. The highest BCUT2D eigenvalue weighted by atomic mass is 32.1. The van der Waals surface area contributed by atoms with E-state index in [4.69, 9.17) is 18.7 Å². The first-order valence-corrected chi connectivity index (χ1v) is 11.2. The molecule has 3 heterocycles. The average Bonchev–Trinajstić information content (AvgIpc) is 3.45. The molecule has 168 valence electrons. The maximum absolute atomic E-state index is 13.2. The molecule has 1 aromatic carbocycles. The highest BCUT2D eigenvalue weighted by Crippen LogP contribution is 2.35. The number of hydrogen-bond acceptors (Lipinski definition) is 8. The molecule has 2 aromatic heterocycles. The molecule has 0 bridgehead atoms. The number of aryl methyl sites for hydroxylation is 1. The lowest BCUT2D eigenvalue weighted by atomic mass is 10.1. The average molecular weight is 457 g/mol. The molecule has 8 nitrogen and oxygen atoms in total. The molecule has 0 aliphatic carbocycles. The zero-order valence-electron chi connectivity index (χ0n) is 18.1. The Labute approximate surface area is 189 Å². The largest absolute Gasteiger partial charge is 0.486 e. The molecule has 0 fully saturated rings. The van der Waals surface area contributed by atoms with Crippen LogP contribution < -0.4 is 14.4 Å². The Morgan fingerprint density at radius 2 is 1.97 bits per heavy atom. The fraction of sp³-hybridized carbons (Fsp3) is 0.348. The number of anilines is 1. The summed E-state index contributed by atoms with van der Waals surface area (Å²) in [6, 6.07) is 9.21. The Morgan fingerprint density at radius 3 is 2.69 bits per heavy atom. The first-order valence-electron chi connectivity index (χ1n) is 10.3.